The van der Waals surface area contributed by atoms with E-state index < -0.39 is 5.97 Å². The number of hydrogen-bond donors (Lipinski definition) is 2. The zero-order valence-corrected chi connectivity index (χ0v) is 12.7. The van der Waals surface area contributed by atoms with Gasteiger partial charge in [0.05, 0.1) is 5.92 Å². The lowest BCUT2D eigenvalue weighted by Gasteiger charge is -2.30. The first-order valence-corrected chi connectivity index (χ1v) is 7.84. The highest BCUT2D eigenvalue weighted by molar-refractivity contribution is 5.75. The van der Waals surface area contributed by atoms with Gasteiger partial charge < -0.3 is 15.3 Å². The molecular weight excluding hydrogens is 256 g/mol. The van der Waals surface area contributed by atoms with Crippen LogP contribution in [0.2, 0.25) is 0 Å². The Balaban J connectivity index is 2.27. The molecule has 1 unspecified atom stereocenters. The van der Waals surface area contributed by atoms with E-state index in [-0.39, 0.29) is 11.9 Å². The lowest BCUT2D eigenvalue weighted by molar-refractivity contribution is -0.143. The predicted octanol–water partition coefficient (Wildman–Crippen LogP) is 2.71. The third kappa shape index (κ3) is 5.39. The zero-order valence-electron chi connectivity index (χ0n) is 12.7. The van der Waals surface area contributed by atoms with Crippen molar-refractivity contribution >= 4 is 12.0 Å². The van der Waals surface area contributed by atoms with Crippen molar-refractivity contribution in [3.63, 3.8) is 0 Å². The van der Waals surface area contributed by atoms with Crippen LogP contribution in [0, 0.1) is 11.8 Å². The summed E-state index contributed by atoms with van der Waals surface area (Å²) in [7, 11) is 0. The molecule has 1 atom stereocenters. The number of carbonyl (C=O) groups excluding carboxylic acids is 1. The van der Waals surface area contributed by atoms with Crippen LogP contribution in [0.25, 0.3) is 0 Å². The normalized spacial score (nSPS) is 17.8. The van der Waals surface area contributed by atoms with Crippen LogP contribution in [0.1, 0.15) is 52.4 Å². The molecular formula is C15H28N2O3. The number of unbranched alkanes of at least 4 members (excludes halogenated alkanes) is 1. The molecule has 0 aliphatic carbocycles. The fraction of sp³-hybridized carbons (Fsp3) is 0.867. The highest BCUT2D eigenvalue weighted by Gasteiger charge is 2.26. The standard InChI is InChI=1S/C15H28N2O3/c1-3-5-6-12(4-2)11-16-15(20)17-9-7-13(8-10-17)14(18)19/h12-13H,3-11H2,1-2H3,(H,16,20)(H,18,19). The Morgan fingerprint density at radius 3 is 2.45 bits per heavy atom. The number of hydrogen-bond acceptors (Lipinski definition) is 2. The van der Waals surface area contributed by atoms with E-state index in [1.54, 1.807) is 4.90 Å². The molecule has 5 nitrogen and oxygen atoms in total. The van der Waals surface area contributed by atoms with Gasteiger partial charge in [0.25, 0.3) is 0 Å². The first-order valence-electron chi connectivity index (χ1n) is 7.84. The SMILES string of the molecule is CCCCC(CC)CNC(=O)N1CCC(C(=O)O)CC1. The molecule has 0 aromatic heterocycles. The molecule has 1 heterocycles. The Bertz CT molecular complexity index is 312. The van der Waals surface area contributed by atoms with Gasteiger partial charge in [-0.25, -0.2) is 4.79 Å². The van der Waals surface area contributed by atoms with Crippen molar-refractivity contribution in [2.24, 2.45) is 11.8 Å². The second-order valence-corrected chi connectivity index (χ2v) is 5.70. The van der Waals surface area contributed by atoms with Crippen LogP contribution in [0.5, 0.6) is 0 Å². The van der Waals surface area contributed by atoms with Gasteiger partial charge in [-0.05, 0) is 25.2 Å². The summed E-state index contributed by atoms with van der Waals surface area (Å²) in [5.74, 6) is -0.474. The molecule has 1 rings (SSSR count). The molecule has 20 heavy (non-hydrogen) atoms. The Morgan fingerprint density at radius 1 is 1.30 bits per heavy atom. The molecule has 2 N–H and O–H groups in total. The number of aliphatic carboxylic acids is 1. The summed E-state index contributed by atoms with van der Waals surface area (Å²) in [6.07, 6.45) is 5.77. The largest absolute Gasteiger partial charge is 0.481 e. The third-order valence-corrected chi connectivity index (χ3v) is 4.22. The first-order chi connectivity index (χ1) is 9.58. The molecule has 0 radical (unpaired) electrons. The van der Waals surface area contributed by atoms with Crippen molar-refractivity contribution in [3.05, 3.63) is 0 Å². The number of rotatable bonds is 7. The van der Waals surface area contributed by atoms with E-state index in [1.165, 1.54) is 12.8 Å². The summed E-state index contributed by atoms with van der Waals surface area (Å²) in [5, 5.41) is 11.9. The van der Waals surface area contributed by atoms with Crippen LogP contribution in [0.15, 0.2) is 0 Å². The number of urea groups is 1. The van der Waals surface area contributed by atoms with Crippen molar-refractivity contribution in [1.29, 1.82) is 0 Å². The van der Waals surface area contributed by atoms with E-state index in [0.29, 0.717) is 31.8 Å². The third-order valence-electron chi connectivity index (χ3n) is 4.22. The van der Waals surface area contributed by atoms with Gasteiger partial charge in [-0.3, -0.25) is 4.79 Å². The summed E-state index contributed by atoms with van der Waals surface area (Å²) in [6, 6.07) is -0.0382. The van der Waals surface area contributed by atoms with E-state index >= 15 is 0 Å². The van der Waals surface area contributed by atoms with Gasteiger partial charge in [-0.2, -0.15) is 0 Å². The van der Waals surface area contributed by atoms with Crippen LogP contribution in [0.4, 0.5) is 4.79 Å². The van der Waals surface area contributed by atoms with Crippen molar-refractivity contribution in [2.75, 3.05) is 19.6 Å². The van der Waals surface area contributed by atoms with Crippen molar-refractivity contribution in [1.82, 2.24) is 10.2 Å². The number of carboxylic acids is 1. The smallest absolute Gasteiger partial charge is 0.317 e. The van der Waals surface area contributed by atoms with Crippen LogP contribution < -0.4 is 5.32 Å². The van der Waals surface area contributed by atoms with Crippen LogP contribution in [-0.4, -0.2) is 41.6 Å². The summed E-state index contributed by atoms with van der Waals surface area (Å²) < 4.78 is 0. The molecule has 1 fully saturated rings. The number of nitrogens with one attached hydrogen (secondary N) is 1. The fourth-order valence-corrected chi connectivity index (χ4v) is 2.62. The summed E-state index contributed by atoms with van der Waals surface area (Å²) in [4.78, 5) is 24.6. The summed E-state index contributed by atoms with van der Waals surface area (Å²) >= 11 is 0. The maximum atomic E-state index is 12.0. The maximum absolute atomic E-state index is 12.0. The van der Waals surface area contributed by atoms with Gasteiger partial charge in [0, 0.05) is 19.6 Å². The number of carboxylic acid groups (broad SMARTS) is 1. The quantitative estimate of drug-likeness (QED) is 0.755. The lowest BCUT2D eigenvalue weighted by Crippen LogP contribution is -2.46. The van der Waals surface area contributed by atoms with Gasteiger partial charge in [-0.15, -0.1) is 0 Å². The minimum atomic E-state index is -0.740. The van der Waals surface area contributed by atoms with Gasteiger partial charge in [0.2, 0.25) is 0 Å². The van der Waals surface area contributed by atoms with Gasteiger partial charge in [0.1, 0.15) is 0 Å². The minimum Gasteiger partial charge on any atom is -0.481 e. The van der Waals surface area contributed by atoms with E-state index in [9.17, 15) is 9.59 Å². The molecule has 1 saturated heterocycles. The number of piperidine rings is 1. The average Bonchev–Trinajstić information content (AvgIpc) is 2.47. The van der Waals surface area contributed by atoms with Crippen LogP contribution >= 0.6 is 0 Å². The number of likely N-dealkylation sites (tertiary alicyclic amines) is 1. The minimum absolute atomic E-state index is 0.0382. The van der Waals surface area contributed by atoms with Crippen LogP contribution in [0.3, 0.4) is 0 Å². The van der Waals surface area contributed by atoms with E-state index in [2.05, 4.69) is 19.2 Å². The molecule has 0 saturated carbocycles. The lowest BCUT2D eigenvalue weighted by atomic mass is 9.97. The molecule has 0 aromatic carbocycles. The molecule has 1 aliphatic rings. The monoisotopic (exact) mass is 284 g/mol. The fourth-order valence-electron chi connectivity index (χ4n) is 2.62. The van der Waals surface area contributed by atoms with Crippen molar-refractivity contribution < 1.29 is 14.7 Å². The van der Waals surface area contributed by atoms with Gasteiger partial charge >= 0.3 is 12.0 Å². The van der Waals surface area contributed by atoms with E-state index in [0.717, 1.165) is 19.4 Å². The molecule has 0 spiro atoms. The molecule has 0 aromatic rings. The van der Waals surface area contributed by atoms with Crippen LogP contribution in [-0.2, 0) is 4.79 Å². The van der Waals surface area contributed by atoms with Crippen molar-refractivity contribution in [2.45, 2.75) is 52.4 Å². The summed E-state index contributed by atoms with van der Waals surface area (Å²) in [5.41, 5.74) is 0. The highest BCUT2D eigenvalue weighted by Crippen LogP contribution is 2.17. The molecule has 0 bridgehead atoms. The van der Waals surface area contributed by atoms with E-state index in [4.69, 9.17) is 5.11 Å². The number of amides is 2. The Kier molecular flexibility index (Phi) is 7.41. The highest BCUT2D eigenvalue weighted by atomic mass is 16.4. The molecule has 2 amide bonds. The summed E-state index contributed by atoms with van der Waals surface area (Å²) in [6.45, 7) is 6.17. The predicted molar refractivity (Wildman–Crippen MR) is 78.6 cm³/mol. The number of nitrogens with zero attached hydrogens (tertiary/aromatic N) is 1. The van der Waals surface area contributed by atoms with Gasteiger partial charge in [-0.1, -0.05) is 33.1 Å². The molecule has 1 aliphatic heterocycles. The number of carbonyl (C=O) groups is 2. The Hall–Kier alpha value is -1.26. The zero-order chi connectivity index (χ0) is 15.0. The van der Waals surface area contributed by atoms with Gasteiger partial charge in [0.15, 0.2) is 0 Å². The van der Waals surface area contributed by atoms with E-state index in [1.807, 2.05) is 0 Å². The Labute approximate surface area is 121 Å². The van der Waals surface area contributed by atoms with Crippen molar-refractivity contribution in [3.8, 4) is 0 Å². The first kappa shape index (κ1) is 16.8. The second kappa shape index (κ2) is 8.82. The molecule has 5 heteroatoms. The second-order valence-electron chi connectivity index (χ2n) is 5.70. The maximum Gasteiger partial charge on any atom is 0.317 e. The molecule has 116 valence electrons. The topological polar surface area (TPSA) is 69.6 Å². The average molecular weight is 284 g/mol. The Morgan fingerprint density at radius 2 is 1.95 bits per heavy atom.